The Morgan fingerprint density at radius 3 is 2.57 bits per heavy atom. The summed E-state index contributed by atoms with van der Waals surface area (Å²) in [5, 5.41) is 9.70. The van der Waals surface area contributed by atoms with Crippen LogP contribution in [0.25, 0.3) is 0 Å². The van der Waals surface area contributed by atoms with E-state index in [-0.39, 0.29) is 12.1 Å². The van der Waals surface area contributed by atoms with E-state index in [1.165, 1.54) is 11.1 Å². The van der Waals surface area contributed by atoms with Crippen molar-refractivity contribution in [2.75, 3.05) is 7.11 Å². The highest BCUT2D eigenvalue weighted by atomic mass is 35.5. The molecular formula is C17H17ClN2O. The average molecular weight is 301 g/mol. The minimum absolute atomic E-state index is 0.0758. The molecule has 1 aliphatic heterocycles. The predicted molar refractivity (Wildman–Crippen MR) is 84.3 cm³/mol. The zero-order valence-electron chi connectivity index (χ0n) is 12.1. The van der Waals surface area contributed by atoms with Gasteiger partial charge in [-0.1, -0.05) is 29.8 Å². The molecule has 108 valence electrons. The lowest BCUT2D eigenvalue weighted by Gasteiger charge is -2.15. The van der Waals surface area contributed by atoms with E-state index in [4.69, 9.17) is 16.3 Å². The molecule has 0 N–H and O–H groups in total. The Labute approximate surface area is 129 Å². The van der Waals surface area contributed by atoms with Gasteiger partial charge in [0, 0.05) is 5.02 Å². The third kappa shape index (κ3) is 2.93. The molecule has 0 aliphatic carbocycles. The lowest BCUT2D eigenvalue weighted by molar-refractivity contribution is 0.414. The first-order chi connectivity index (χ1) is 10.2. The number of halogens is 1. The first-order valence-electron chi connectivity index (χ1n) is 6.99. The van der Waals surface area contributed by atoms with E-state index >= 15 is 0 Å². The van der Waals surface area contributed by atoms with E-state index in [0.29, 0.717) is 0 Å². The first-order valence-corrected chi connectivity index (χ1v) is 7.37. The summed E-state index contributed by atoms with van der Waals surface area (Å²) < 4.78 is 5.33. The Morgan fingerprint density at radius 2 is 1.86 bits per heavy atom. The molecule has 2 aromatic rings. The van der Waals surface area contributed by atoms with Crippen molar-refractivity contribution in [1.29, 1.82) is 0 Å². The molecule has 3 rings (SSSR count). The molecule has 0 saturated heterocycles. The van der Waals surface area contributed by atoms with Gasteiger partial charge in [0.05, 0.1) is 13.2 Å². The number of nitrogens with zero attached hydrogens (tertiary/aromatic N) is 2. The molecule has 0 saturated carbocycles. The Kier molecular flexibility index (Phi) is 3.93. The number of benzene rings is 2. The molecule has 0 radical (unpaired) electrons. The van der Waals surface area contributed by atoms with Gasteiger partial charge in [-0.3, -0.25) is 0 Å². The number of ether oxygens (including phenoxy) is 1. The van der Waals surface area contributed by atoms with Crippen LogP contribution in [0.2, 0.25) is 5.02 Å². The number of rotatable bonds is 2. The van der Waals surface area contributed by atoms with Crippen LogP contribution >= 0.6 is 11.6 Å². The van der Waals surface area contributed by atoms with Crippen molar-refractivity contribution in [2.45, 2.75) is 25.4 Å². The smallest absolute Gasteiger partial charge is 0.121 e. The first kappa shape index (κ1) is 14.1. The van der Waals surface area contributed by atoms with Crippen molar-refractivity contribution in [1.82, 2.24) is 0 Å². The van der Waals surface area contributed by atoms with Crippen LogP contribution in [-0.2, 0) is 6.42 Å². The van der Waals surface area contributed by atoms with Crippen LogP contribution in [0.4, 0.5) is 0 Å². The van der Waals surface area contributed by atoms with Crippen LogP contribution in [0.15, 0.2) is 52.7 Å². The quantitative estimate of drug-likeness (QED) is 0.781. The van der Waals surface area contributed by atoms with Gasteiger partial charge in [-0.25, -0.2) is 0 Å². The van der Waals surface area contributed by atoms with Crippen molar-refractivity contribution in [3.05, 3.63) is 64.2 Å². The Balaban J connectivity index is 2.08. The third-order valence-corrected chi connectivity index (χ3v) is 3.98. The maximum Gasteiger partial charge on any atom is 0.121 e. The average Bonchev–Trinajstić information content (AvgIpc) is 2.65. The summed E-state index contributed by atoms with van der Waals surface area (Å²) in [6, 6.07) is 14.1. The van der Waals surface area contributed by atoms with Gasteiger partial charge < -0.3 is 4.74 Å². The lowest BCUT2D eigenvalue weighted by Crippen LogP contribution is -2.04. The SMILES string of the molecule is COc1ccc2c(c1)CC(C)N=NC2c1ccc(Cl)cc1. The highest BCUT2D eigenvalue weighted by Gasteiger charge is 2.22. The lowest BCUT2D eigenvalue weighted by atomic mass is 9.92. The maximum atomic E-state index is 5.98. The Hall–Kier alpha value is -1.87. The molecule has 0 aromatic heterocycles. The third-order valence-electron chi connectivity index (χ3n) is 3.73. The second kappa shape index (κ2) is 5.86. The van der Waals surface area contributed by atoms with Crippen LogP contribution in [0.1, 0.15) is 29.7 Å². The number of fused-ring (bicyclic) bond motifs is 1. The second-order valence-corrected chi connectivity index (χ2v) is 5.74. The summed E-state index contributed by atoms with van der Waals surface area (Å²) in [6.07, 6.45) is 0.875. The van der Waals surface area contributed by atoms with Crippen LogP contribution < -0.4 is 4.74 Å². The Bertz CT molecular complexity index is 667. The molecule has 2 atom stereocenters. The highest BCUT2D eigenvalue weighted by molar-refractivity contribution is 6.30. The topological polar surface area (TPSA) is 34.0 Å². The van der Waals surface area contributed by atoms with E-state index in [2.05, 4.69) is 29.3 Å². The molecule has 1 heterocycles. The molecule has 1 aliphatic rings. The number of hydrogen-bond donors (Lipinski definition) is 0. The van der Waals surface area contributed by atoms with Crippen molar-refractivity contribution >= 4 is 11.6 Å². The summed E-state index contributed by atoms with van der Waals surface area (Å²) in [6.45, 7) is 2.08. The summed E-state index contributed by atoms with van der Waals surface area (Å²) >= 11 is 5.98. The summed E-state index contributed by atoms with van der Waals surface area (Å²) in [4.78, 5) is 0. The zero-order chi connectivity index (χ0) is 14.8. The molecule has 3 nitrogen and oxygen atoms in total. The fourth-order valence-corrected chi connectivity index (χ4v) is 2.77. The summed E-state index contributed by atoms with van der Waals surface area (Å²) in [5.74, 6) is 0.873. The van der Waals surface area contributed by atoms with E-state index < -0.39 is 0 Å². The van der Waals surface area contributed by atoms with Crippen LogP contribution in [-0.4, -0.2) is 13.2 Å². The van der Waals surface area contributed by atoms with Gasteiger partial charge in [0.2, 0.25) is 0 Å². The molecule has 0 amide bonds. The molecule has 0 bridgehead atoms. The monoisotopic (exact) mass is 300 g/mol. The Morgan fingerprint density at radius 1 is 1.10 bits per heavy atom. The fourth-order valence-electron chi connectivity index (χ4n) is 2.65. The van der Waals surface area contributed by atoms with E-state index in [9.17, 15) is 0 Å². The molecule has 2 unspecified atom stereocenters. The van der Waals surface area contributed by atoms with Gasteiger partial charge in [0.1, 0.15) is 11.8 Å². The van der Waals surface area contributed by atoms with E-state index in [0.717, 1.165) is 22.8 Å². The van der Waals surface area contributed by atoms with Crippen molar-refractivity contribution in [2.24, 2.45) is 10.2 Å². The minimum atomic E-state index is -0.0758. The maximum absolute atomic E-state index is 5.98. The standard InChI is InChI=1S/C17H17ClN2O/c1-11-9-13-10-15(21-2)7-8-16(13)17(20-19-11)12-3-5-14(18)6-4-12/h3-8,10-11,17H,9H2,1-2H3. The molecule has 21 heavy (non-hydrogen) atoms. The number of azo groups is 1. The van der Waals surface area contributed by atoms with Crippen LogP contribution in [0.5, 0.6) is 5.75 Å². The zero-order valence-corrected chi connectivity index (χ0v) is 12.8. The highest BCUT2D eigenvalue weighted by Crippen LogP contribution is 2.34. The molecule has 0 fully saturated rings. The fraction of sp³-hybridized carbons (Fsp3) is 0.294. The van der Waals surface area contributed by atoms with Crippen LogP contribution in [0.3, 0.4) is 0 Å². The molecular weight excluding hydrogens is 284 g/mol. The molecule has 0 spiro atoms. The second-order valence-electron chi connectivity index (χ2n) is 5.30. The normalized spacial score (nSPS) is 20.7. The van der Waals surface area contributed by atoms with Gasteiger partial charge in [-0.2, -0.15) is 10.2 Å². The van der Waals surface area contributed by atoms with Gasteiger partial charge >= 0.3 is 0 Å². The van der Waals surface area contributed by atoms with Crippen molar-refractivity contribution < 1.29 is 4.74 Å². The number of hydrogen-bond acceptors (Lipinski definition) is 3. The van der Waals surface area contributed by atoms with Crippen molar-refractivity contribution in [3.8, 4) is 5.75 Å². The van der Waals surface area contributed by atoms with Crippen molar-refractivity contribution in [3.63, 3.8) is 0 Å². The number of methoxy groups -OCH3 is 1. The van der Waals surface area contributed by atoms with Gasteiger partial charge in [-0.05, 0) is 54.3 Å². The van der Waals surface area contributed by atoms with E-state index in [1.54, 1.807) is 7.11 Å². The minimum Gasteiger partial charge on any atom is -0.497 e. The van der Waals surface area contributed by atoms with Gasteiger partial charge in [-0.15, -0.1) is 0 Å². The molecule has 4 heteroatoms. The van der Waals surface area contributed by atoms with Crippen LogP contribution in [0, 0.1) is 0 Å². The largest absolute Gasteiger partial charge is 0.497 e. The predicted octanol–water partition coefficient (Wildman–Crippen LogP) is 4.83. The summed E-state index contributed by atoms with van der Waals surface area (Å²) in [5.41, 5.74) is 3.53. The van der Waals surface area contributed by atoms with Gasteiger partial charge in [0.25, 0.3) is 0 Å². The van der Waals surface area contributed by atoms with E-state index in [1.807, 2.05) is 30.3 Å². The molecule has 2 aromatic carbocycles. The summed E-state index contributed by atoms with van der Waals surface area (Å²) in [7, 11) is 1.69. The van der Waals surface area contributed by atoms with Gasteiger partial charge in [0.15, 0.2) is 0 Å².